The molecule has 190 valence electrons. The van der Waals surface area contributed by atoms with Crippen molar-refractivity contribution < 1.29 is 22.4 Å². The van der Waals surface area contributed by atoms with Crippen LogP contribution in [-0.2, 0) is 26.2 Å². The molecule has 0 aliphatic heterocycles. The maximum Gasteiger partial charge on any atom is 0.244 e. The standard InChI is InChI=1S/C26H34FN3O4S/c1-18-9-14-24(15-19(18)2)30(35(4,33)34)17-25(31)29(16-21-10-12-22(27)13-11-21)20(3)26(32)28-23-7-5-6-8-23/h9-15,20,23H,5-8,16-17H2,1-4H3,(H,28,32)/t20-/m0/s1. The predicted octanol–water partition coefficient (Wildman–Crippen LogP) is 3.68. The van der Waals surface area contributed by atoms with E-state index in [1.54, 1.807) is 37.3 Å². The highest BCUT2D eigenvalue weighted by Gasteiger charge is 2.31. The molecule has 1 saturated carbocycles. The van der Waals surface area contributed by atoms with E-state index in [4.69, 9.17) is 0 Å². The van der Waals surface area contributed by atoms with Crippen LogP contribution in [0.1, 0.15) is 49.3 Å². The second kappa shape index (κ2) is 11.2. The van der Waals surface area contributed by atoms with E-state index in [2.05, 4.69) is 5.32 Å². The quantitative estimate of drug-likeness (QED) is 0.566. The number of hydrogen-bond donors (Lipinski definition) is 1. The number of carbonyl (C=O) groups excluding carboxylic acids is 2. The lowest BCUT2D eigenvalue weighted by Crippen LogP contribution is -2.52. The summed E-state index contributed by atoms with van der Waals surface area (Å²) in [6, 6.07) is 10.1. The van der Waals surface area contributed by atoms with Crippen molar-refractivity contribution in [1.82, 2.24) is 10.2 Å². The number of amides is 2. The molecule has 1 aliphatic carbocycles. The fraction of sp³-hybridized carbons (Fsp3) is 0.462. The monoisotopic (exact) mass is 503 g/mol. The molecule has 0 heterocycles. The Kier molecular flexibility index (Phi) is 8.53. The van der Waals surface area contributed by atoms with Crippen LogP contribution in [-0.4, -0.2) is 50.0 Å². The molecule has 0 unspecified atom stereocenters. The van der Waals surface area contributed by atoms with Crippen LogP contribution in [0.3, 0.4) is 0 Å². The van der Waals surface area contributed by atoms with Crippen molar-refractivity contribution in [1.29, 1.82) is 0 Å². The Hall–Kier alpha value is -2.94. The maximum atomic E-state index is 13.5. The molecule has 0 spiro atoms. The molecule has 0 radical (unpaired) electrons. The number of halogens is 1. The molecule has 0 saturated heterocycles. The van der Waals surface area contributed by atoms with Crippen LogP contribution in [0.4, 0.5) is 10.1 Å². The normalized spacial score (nSPS) is 15.0. The Balaban J connectivity index is 1.88. The van der Waals surface area contributed by atoms with Gasteiger partial charge in [-0.2, -0.15) is 0 Å². The third-order valence-electron chi connectivity index (χ3n) is 6.59. The highest BCUT2D eigenvalue weighted by molar-refractivity contribution is 7.92. The van der Waals surface area contributed by atoms with Gasteiger partial charge in [0.1, 0.15) is 18.4 Å². The average Bonchev–Trinajstić information content (AvgIpc) is 3.30. The van der Waals surface area contributed by atoms with Gasteiger partial charge in [-0.05, 0) is 74.6 Å². The van der Waals surface area contributed by atoms with E-state index >= 15 is 0 Å². The number of carbonyl (C=O) groups is 2. The number of sulfonamides is 1. The van der Waals surface area contributed by atoms with Crippen LogP contribution in [0.5, 0.6) is 0 Å². The Morgan fingerprint density at radius 1 is 1.06 bits per heavy atom. The summed E-state index contributed by atoms with van der Waals surface area (Å²) >= 11 is 0. The lowest BCUT2D eigenvalue weighted by molar-refractivity contribution is -0.139. The van der Waals surface area contributed by atoms with E-state index in [1.165, 1.54) is 17.0 Å². The van der Waals surface area contributed by atoms with Crippen molar-refractivity contribution >= 4 is 27.5 Å². The van der Waals surface area contributed by atoms with Gasteiger partial charge in [-0.1, -0.05) is 31.0 Å². The molecule has 7 nitrogen and oxygen atoms in total. The summed E-state index contributed by atoms with van der Waals surface area (Å²) in [6.45, 7) is 5.01. The van der Waals surface area contributed by atoms with E-state index in [0.717, 1.165) is 47.4 Å². The van der Waals surface area contributed by atoms with Crippen LogP contribution in [0.25, 0.3) is 0 Å². The van der Waals surface area contributed by atoms with E-state index in [1.807, 2.05) is 13.8 Å². The fourth-order valence-electron chi connectivity index (χ4n) is 4.26. The highest BCUT2D eigenvalue weighted by atomic mass is 32.2. The SMILES string of the molecule is Cc1ccc(N(CC(=O)N(Cc2ccc(F)cc2)[C@@H](C)C(=O)NC2CCCC2)S(C)(=O)=O)cc1C. The number of aryl methyl sites for hydroxylation is 2. The topological polar surface area (TPSA) is 86.8 Å². The average molecular weight is 504 g/mol. The first kappa shape index (κ1) is 26.7. The lowest BCUT2D eigenvalue weighted by atomic mass is 10.1. The molecule has 0 aromatic heterocycles. The minimum atomic E-state index is -3.78. The van der Waals surface area contributed by atoms with E-state index < -0.39 is 34.3 Å². The Bertz CT molecular complexity index is 1160. The van der Waals surface area contributed by atoms with Crippen molar-refractivity contribution in [2.75, 3.05) is 17.1 Å². The molecule has 2 amide bonds. The van der Waals surface area contributed by atoms with E-state index in [-0.39, 0.29) is 18.5 Å². The second-order valence-corrected chi connectivity index (χ2v) is 11.3. The summed E-state index contributed by atoms with van der Waals surface area (Å²) in [6.07, 6.45) is 4.96. The van der Waals surface area contributed by atoms with E-state index in [0.29, 0.717) is 11.3 Å². The van der Waals surface area contributed by atoms with Crippen LogP contribution >= 0.6 is 0 Å². The molecule has 1 aliphatic rings. The van der Waals surface area contributed by atoms with Crippen molar-refractivity contribution in [2.24, 2.45) is 0 Å². The third-order valence-corrected chi connectivity index (χ3v) is 7.73. The van der Waals surface area contributed by atoms with Crippen LogP contribution < -0.4 is 9.62 Å². The van der Waals surface area contributed by atoms with Crippen LogP contribution in [0, 0.1) is 19.7 Å². The van der Waals surface area contributed by atoms with Gasteiger partial charge < -0.3 is 10.2 Å². The zero-order valence-electron chi connectivity index (χ0n) is 20.8. The highest BCUT2D eigenvalue weighted by Crippen LogP contribution is 2.23. The molecule has 9 heteroatoms. The number of nitrogens with zero attached hydrogens (tertiary/aromatic N) is 2. The number of nitrogens with one attached hydrogen (secondary N) is 1. The largest absolute Gasteiger partial charge is 0.352 e. The molecule has 1 N–H and O–H groups in total. The van der Waals surface area contributed by atoms with Crippen LogP contribution in [0.2, 0.25) is 0 Å². The molecular formula is C26H34FN3O4S. The van der Waals surface area contributed by atoms with Gasteiger partial charge in [0.25, 0.3) is 0 Å². The maximum absolute atomic E-state index is 13.5. The third kappa shape index (κ3) is 7.04. The minimum absolute atomic E-state index is 0.0445. The van der Waals surface area contributed by atoms with Gasteiger partial charge in [-0.3, -0.25) is 13.9 Å². The number of anilines is 1. The fourth-order valence-corrected chi connectivity index (χ4v) is 5.10. The molecule has 0 bridgehead atoms. The molecule has 1 atom stereocenters. The van der Waals surface area contributed by atoms with Crippen molar-refractivity contribution in [3.8, 4) is 0 Å². The number of benzene rings is 2. The molecule has 2 aromatic rings. The summed E-state index contributed by atoms with van der Waals surface area (Å²) in [7, 11) is -3.78. The second-order valence-electron chi connectivity index (χ2n) is 9.35. The van der Waals surface area contributed by atoms with E-state index in [9.17, 15) is 22.4 Å². The molecule has 35 heavy (non-hydrogen) atoms. The first-order valence-corrected chi connectivity index (χ1v) is 13.7. The Labute approximate surface area is 207 Å². The molecule has 2 aromatic carbocycles. The summed E-state index contributed by atoms with van der Waals surface area (Å²) in [4.78, 5) is 27.9. The lowest BCUT2D eigenvalue weighted by Gasteiger charge is -2.32. The minimum Gasteiger partial charge on any atom is -0.352 e. The molecular weight excluding hydrogens is 469 g/mol. The summed E-state index contributed by atoms with van der Waals surface area (Å²) in [5.41, 5.74) is 2.92. The number of hydrogen-bond acceptors (Lipinski definition) is 4. The van der Waals surface area contributed by atoms with Gasteiger partial charge >= 0.3 is 0 Å². The Morgan fingerprint density at radius 3 is 2.26 bits per heavy atom. The van der Waals surface area contributed by atoms with Gasteiger partial charge in [0.05, 0.1) is 11.9 Å². The van der Waals surface area contributed by atoms with Crippen molar-refractivity contribution in [3.63, 3.8) is 0 Å². The first-order chi connectivity index (χ1) is 16.5. The van der Waals surface area contributed by atoms with Crippen LogP contribution in [0.15, 0.2) is 42.5 Å². The zero-order valence-corrected chi connectivity index (χ0v) is 21.6. The molecule has 3 rings (SSSR count). The Morgan fingerprint density at radius 2 is 1.69 bits per heavy atom. The van der Waals surface area contributed by atoms with Crippen molar-refractivity contribution in [2.45, 2.75) is 65.1 Å². The van der Waals surface area contributed by atoms with Gasteiger partial charge in [-0.25, -0.2) is 12.8 Å². The van der Waals surface area contributed by atoms with Gasteiger partial charge in [0.15, 0.2) is 0 Å². The summed E-state index contributed by atoms with van der Waals surface area (Å²) in [5, 5.41) is 3.01. The first-order valence-electron chi connectivity index (χ1n) is 11.8. The van der Waals surface area contributed by atoms with Gasteiger partial charge in [-0.15, -0.1) is 0 Å². The zero-order chi connectivity index (χ0) is 25.8. The van der Waals surface area contributed by atoms with Crippen molar-refractivity contribution in [3.05, 3.63) is 65.0 Å². The predicted molar refractivity (Wildman–Crippen MR) is 135 cm³/mol. The van der Waals surface area contributed by atoms with Gasteiger partial charge in [0.2, 0.25) is 21.8 Å². The summed E-state index contributed by atoms with van der Waals surface area (Å²) < 4.78 is 39.8. The molecule has 1 fully saturated rings. The summed E-state index contributed by atoms with van der Waals surface area (Å²) in [5.74, 6) is -1.21. The smallest absolute Gasteiger partial charge is 0.244 e. The van der Waals surface area contributed by atoms with Gasteiger partial charge in [0, 0.05) is 12.6 Å². The number of rotatable bonds is 9.